The number of thioether (sulfide) groups is 1. The highest BCUT2D eigenvalue weighted by molar-refractivity contribution is 7.98. The third-order valence-corrected chi connectivity index (χ3v) is 2.70. The van der Waals surface area contributed by atoms with Crippen LogP contribution in [0.15, 0.2) is 17.3 Å². The number of pyridine rings is 1. The fraction of sp³-hybridized carbons (Fsp3) is 0.444. The van der Waals surface area contributed by atoms with Crippen LogP contribution in [-0.2, 0) is 0 Å². The molecular formula is C9H10ClNOS. The molecule has 0 saturated heterocycles. The van der Waals surface area contributed by atoms with Crippen LogP contribution >= 0.6 is 23.4 Å². The lowest BCUT2D eigenvalue weighted by Crippen LogP contribution is -1.98. The van der Waals surface area contributed by atoms with Crippen molar-refractivity contribution in [3.05, 3.63) is 17.3 Å². The van der Waals surface area contributed by atoms with Gasteiger partial charge in [-0.1, -0.05) is 11.6 Å². The predicted molar refractivity (Wildman–Crippen MR) is 54.7 cm³/mol. The number of nitrogens with zero attached hydrogens (tertiary/aromatic N) is 1. The van der Waals surface area contributed by atoms with Crippen LogP contribution in [0, 0.1) is 0 Å². The quantitative estimate of drug-likeness (QED) is 0.724. The minimum absolute atomic E-state index is 0.395. The summed E-state index contributed by atoms with van der Waals surface area (Å²) in [5, 5.41) is 1.55. The smallest absolute Gasteiger partial charge is 0.153 e. The Morgan fingerprint density at radius 1 is 1.62 bits per heavy atom. The van der Waals surface area contributed by atoms with E-state index in [9.17, 15) is 0 Å². The normalized spacial score (nSPS) is 15.8. The number of ether oxygens (including phenoxy) is 1. The molecule has 1 fully saturated rings. The van der Waals surface area contributed by atoms with Crippen molar-refractivity contribution in [2.24, 2.45) is 0 Å². The average molecular weight is 216 g/mol. The molecule has 0 N–H and O–H groups in total. The molecule has 0 spiro atoms. The van der Waals surface area contributed by atoms with Gasteiger partial charge in [0.1, 0.15) is 5.03 Å². The van der Waals surface area contributed by atoms with Crippen molar-refractivity contribution in [3.63, 3.8) is 0 Å². The molecule has 1 aliphatic rings. The zero-order valence-corrected chi connectivity index (χ0v) is 8.86. The monoisotopic (exact) mass is 215 g/mol. The van der Waals surface area contributed by atoms with E-state index in [-0.39, 0.29) is 0 Å². The van der Waals surface area contributed by atoms with Gasteiger partial charge in [-0.3, -0.25) is 0 Å². The average Bonchev–Trinajstić information content (AvgIpc) is 2.89. The third kappa shape index (κ3) is 2.29. The van der Waals surface area contributed by atoms with E-state index in [4.69, 9.17) is 16.3 Å². The van der Waals surface area contributed by atoms with Gasteiger partial charge in [0.2, 0.25) is 0 Å². The SMILES string of the molecule is CSc1ncc(Cl)cc1OC1CC1. The summed E-state index contributed by atoms with van der Waals surface area (Å²) in [6.45, 7) is 0. The van der Waals surface area contributed by atoms with Crippen LogP contribution in [-0.4, -0.2) is 17.3 Å². The molecule has 70 valence electrons. The number of halogens is 1. The van der Waals surface area contributed by atoms with Crippen molar-refractivity contribution < 1.29 is 4.74 Å². The molecule has 0 aliphatic heterocycles. The van der Waals surface area contributed by atoms with E-state index in [2.05, 4.69) is 4.98 Å². The molecule has 1 aromatic heterocycles. The zero-order valence-electron chi connectivity index (χ0n) is 7.29. The molecule has 0 atom stereocenters. The molecule has 1 saturated carbocycles. The first-order valence-corrected chi connectivity index (χ1v) is 5.76. The molecule has 0 bridgehead atoms. The Kier molecular flexibility index (Phi) is 2.65. The first kappa shape index (κ1) is 9.16. The van der Waals surface area contributed by atoms with Crippen LogP contribution in [0.4, 0.5) is 0 Å². The van der Waals surface area contributed by atoms with Crippen LogP contribution in [0.25, 0.3) is 0 Å². The van der Waals surface area contributed by atoms with Gasteiger partial charge in [0.15, 0.2) is 5.75 Å². The molecule has 13 heavy (non-hydrogen) atoms. The van der Waals surface area contributed by atoms with Crippen molar-refractivity contribution in [2.45, 2.75) is 24.0 Å². The van der Waals surface area contributed by atoms with Gasteiger partial charge < -0.3 is 4.74 Å². The van der Waals surface area contributed by atoms with Gasteiger partial charge in [0, 0.05) is 12.3 Å². The fourth-order valence-corrected chi connectivity index (χ4v) is 1.63. The lowest BCUT2D eigenvalue weighted by atomic mass is 10.4. The Balaban J connectivity index is 2.22. The zero-order chi connectivity index (χ0) is 9.26. The Morgan fingerprint density at radius 2 is 2.38 bits per heavy atom. The minimum atomic E-state index is 0.395. The standard InChI is InChI=1S/C9H10ClNOS/c1-13-9-8(12-7-2-3-7)4-6(10)5-11-9/h4-5,7H,2-3H2,1H3. The number of hydrogen-bond donors (Lipinski definition) is 0. The Hall–Kier alpha value is -0.410. The van der Waals surface area contributed by atoms with Gasteiger partial charge in [-0.2, -0.15) is 0 Å². The Morgan fingerprint density at radius 3 is 3.00 bits per heavy atom. The van der Waals surface area contributed by atoms with Crippen LogP contribution in [0.5, 0.6) is 5.75 Å². The first-order chi connectivity index (χ1) is 6.29. The first-order valence-electron chi connectivity index (χ1n) is 4.16. The van der Waals surface area contributed by atoms with Crippen LogP contribution < -0.4 is 4.74 Å². The largest absolute Gasteiger partial charge is 0.488 e. The molecule has 0 aromatic carbocycles. The second kappa shape index (κ2) is 3.76. The molecule has 0 unspecified atom stereocenters. The van der Waals surface area contributed by atoms with Crippen LogP contribution in [0.3, 0.4) is 0 Å². The second-order valence-corrected chi connectivity index (χ2v) is 4.21. The molecule has 4 heteroatoms. The van der Waals surface area contributed by atoms with Crippen LogP contribution in [0.1, 0.15) is 12.8 Å². The third-order valence-electron chi connectivity index (χ3n) is 1.80. The number of rotatable bonds is 3. The molecular weight excluding hydrogens is 206 g/mol. The maximum absolute atomic E-state index is 5.83. The summed E-state index contributed by atoms with van der Waals surface area (Å²) in [5.74, 6) is 0.822. The summed E-state index contributed by atoms with van der Waals surface area (Å²) in [6.07, 6.45) is 6.33. The highest BCUT2D eigenvalue weighted by Crippen LogP contribution is 2.33. The van der Waals surface area contributed by atoms with E-state index >= 15 is 0 Å². The Bertz CT molecular complexity index is 314. The lowest BCUT2D eigenvalue weighted by Gasteiger charge is -2.07. The van der Waals surface area contributed by atoms with E-state index in [0.717, 1.165) is 23.6 Å². The van der Waals surface area contributed by atoms with Crippen molar-refractivity contribution in [1.29, 1.82) is 0 Å². The molecule has 2 nitrogen and oxygen atoms in total. The maximum Gasteiger partial charge on any atom is 0.153 e. The van der Waals surface area contributed by atoms with Crippen LogP contribution in [0.2, 0.25) is 5.02 Å². The molecule has 1 heterocycles. The van der Waals surface area contributed by atoms with Crippen molar-refractivity contribution in [3.8, 4) is 5.75 Å². The van der Waals surface area contributed by atoms with Crippen molar-refractivity contribution >= 4 is 23.4 Å². The second-order valence-electron chi connectivity index (χ2n) is 2.98. The summed E-state index contributed by atoms with van der Waals surface area (Å²) in [6, 6.07) is 1.83. The van der Waals surface area contributed by atoms with Gasteiger partial charge in [0.05, 0.1) is 11.1 Å². The summed E-state index contributed by atoms with van der Waals surface area (Å²) in [7, 11) is 0. The van der Waals surface area contributed by atoms with E-state index in [1.807, 2.05) is 12.3 Å². The van der Waals surface area contributed by atoms with Gasteiger partial charge in [0.25, 0.3) is 0 Å². The highest BCUT2D eigenvalue weighted by Gasteiger charge is 2.24. The molecule has 0 amide bonds. The summed E-state index contributed by atoms with van der Waals surface area (Å²) < 4.78 is 5.66. The Labute approximate surface area is 86.6 Å². The highest BCUT2D eigenvalue weighted by atomic mass is 35.5. The number of aromatic nitrogens is 1. The van der Waals surface area contributed by atoms with Gasteiger partial charge in [-0.15, -0.1) is 11.8 Å². The molecule has 0 radical (unpaired) electrons. The van der Waals surface area contributed by atoms with E-state index in [0.29, 0.717) is 11.1 Å². The van der Waals surface area contributed by atoms with Crippen molar-refractivity contribution in [1.82, 2.24) is 4.98 Å². The van der Waals surface area contributed by atoms with E-state index in [1.165, 1.54) is 0 Å². The van der Waals surface area contributed by atoms with Gasteiger partial charge in [-0.05, 0) is 19.1 Å². The molecule has 1 aliphatic carbocycles. The lowest BCUT2D eigenvalue weighted by molar-refractivity contribution is 0.293. The molecule has 2 rings (SSSR count). The summed E-state index contributed by atoms with van der Waals surface area (Å²) >= 11 is 7.41. The molecule has 1 aromatic rings. The predicted octanol–water partition coefficient (Wildman–Crippen LogP) is 3.00. The minimum Gasteiger partial charge on any atom is -0.488 e. The van der Waals surface area contributed by atoms with E-state index < -0.39 is 0 Å². The van der Waals surface area contributed by atoms with Gasteiger partial charge >= 0.3 is 0 Å². The summed E-state index contributed by atoms with van der Waals surface area (Å²) in [4.78, 5) is 4.18. The number of hydrogen-bond acceptors (Lipinski definition) is 3. The topological polar surface area (TPSA) is 22.1 Å². The van der Waals surface area contributed by atoms with Crippen molar-refractivity contribution in [2.75, 3.05) is 6.26 Å². The van der Waals surface area contributed by atoms with Gasteiger partial charge in [-0.25, -0.2) is 4.98 Å². The van der Waals surface area contributed by atoms with E-state index in [1.54, 1.807) is 18.0 Å². The maximum atomic E-state index is 5.83. The summed E-state index contributed by atoms with van der Waals surface area (Å²) in [5.41, 5.74) is 0. The fourth-order valence-electron chi connectivity index (χ4n) is 1.01.